The predicted octanol–water partition coefficient (Wildman–Crippen LogP) is 3.04. The molecule has 1 aliphatic heterocycles. The summed E-state index contributed by atoms with van der Waals surface area (Å²) in [6, 6.07) is 0. The Balaban J connectivity index is 1.63. The topological polar surface area (TPSA) is 76.8 Å². The van der Waals surface area contributed by atoms with Gasteiger partial charge in [-0.25, -0.2) is 9.97 Å². The molecule has 0 bridgehead atoms. The maximum atomic E-state index is 12.8. The first-order valence-corrected chi connectivity index (χ1v) is 9.76. The number of piperidine rings is 1. The van der Waals surface area contributed by atoms with Crippen LogP contribution in [0.25, 0.3) is 0 Å². The summed E-state index contributed by atoms with van der Waals surface area (Å²) in [5.41, 5.74) is 1.55. The van der Waals surface area contributed by atoms with Crippen molar-refractivity contribution in [2.45, 2.75) is 65.3 Å². The molecule has 0 saturated carbocycles. The van der Waals surface area contributed by atoms with Crippen LogP contribution in [0, 0.1) is 5.92 Å². The van der Waals surface area contributed by atoms with Crippen molar-refractivity contribution in [1.82, 2.24) is 29.9 Å². The molecule has 146 valence electrons. The van der Waals surface area contributed by atoms with Crippen molar-refractivity contribution >= 4 is 5.91 Å². The van der Waals surface area contributed by atoms with E-state index in [9.17, 15) is 4.79 Å². The highest BCUT2D eigenvalue weighted by Gasteiger charge is 2.26. The molecule has 0 radical (unpaired) electrons. The van der Waals surface area contributed by atoms with E-state index < -0.39 is 0 Å². The number of amides is 1. The molecule has 27 heavy (non-hydrogen) atoms. The molecule has 7 heteroatoms. The lowest BCUT2D eigenvalue weighted by molar-refractivity contribution is 0.0658. The Morgan fingerprint density at radius 1 is 1.26 bits per heavy atom. The minimum absolute atomic E-state index is 0.00500. The SMILES string of the molecule is CC(C)c1ncc(C(=O)N2CCC[C@H](Cn3cc(C(C)(C)C)nn3)C2)cn1. The normalized spacial score (nSPS) is 18.1. The number of hydrogen-bond donors (Lipinski definition) is 0. The fourth-order valence-corrected chi connectivity index (χ4v) is 3.32. The van der Waals surface area contributed by atoms with E-state index in [0.29, 0.717) is 11.5 Å². The molecule has 1 atom stereocenters. The third-order valence-electron chi connectivity index (χ3n) is 4.99. The third-order valence-corrected chi connectivity index (χ3v) is 4.99. The van der Waals surface area contributed by atoms with Gasteiger partial charge in [-0.05, 0) is 18.8 Å². The lowest BCUT2D eigenvalue weighted by Gasteiger charge is -2.32. The number of carbonyl (C=O) groups is 1. The monoisotopic (exact) mass is 370 g/mol. The van der Waals surface area contributed by atoms with E-state index in [-0.39, 0.29) is 17.2 Å². The van der Waals surface area contributed by atoms with Crippen LogP contribution in [0.2, 0.25) is 0 Å². The molecule has 2 aromatic rings. The molecule has 1 aliphatic rings. The molecule has 0 unspecified atom stereocenters. The highest BCUT2D eigenvalue weighted by Crippen LogP contribution is 2.22. The standard InChI is InChI=1S/C20H30N6O/c1-14(2)18-21-9-16(10-22-18)19(27)25-8-6-7-15(11-25)12-26-13-17(23-24-26)20(3,4)5/h9-10,13-15H,6-8,11-12H2,1-5H3/t15-/m0/s1. The van der Waals surface area contributed by atoms with Crippen molar-refractivity contribution in [3.05, 3.63) is 35.7 Å². The van der Waals surface area contributed by atoms with E-state index in [1.807, 2.05) is 29.6 Å². The number of hydrogen-bond acceptors (Lipinski definition) is 5. The van der Waals surface area contributed by atoms with Crippen molar-refractivity contribution < 1.29 is 4.79 Å². The first kappa shape index (κ1) is 19.5. The summed E-state index contributed by atoms with van der Waals surface area (Å²) in [6.07, 6.45) is 7.43. The molecule has 0 spiro atoms. The Kier molecular flexibility index (Phi) is 5.58. The Morgan fingerprint density at radius 2 is 1.96 bits per heavy atom. The molecule has 1 amide bonds. The zero-order chi connectivity index (χ0) is 19.6. The number of rotatable bonds is 4. The molecule has 7 nitrogen and oxygen atoms in total. The average molecular weight is 371 g/mol. The second-order valence-corrected chi connectivity index (χ2v) is 8.82. The van der Waals surface area contributed by atoms with Gasteiger partial charge >= 0.3 is 0 Å². The Labute approximate surface area is 161 Å². The fourth-order valence-electron chi connectivity index (χ4n) is 3.32. The summed E-state index contributed by atoms with van der Waals surface area (Å²) >= 11 is 0. The van der Waals surface area contributed by atoms with Crippen molar-refractivity contribution in [3.63, 3.8) is 0 Å². The molecule has 2 aromatic heterocycles. The van der Waals surface area contributed by atoms with Crippen LogP contribution in [0.4, 0.5) is 0 Å². The summed E-state index contributed by atoms with van der Waals surface area (Å²) in [5.74, 6) is 1.43. The van der Waals surface area contributed by atoms with E-state index in [1.165, 1.54) is 0 Å². The molecule has 0 aliphatic carbocycles. The summed E-state index contributed by atoms with van der Waals surface area (Å²) in [7, 11) is 0. The minimum atomic E-state index is -0.00500. The molecule has 0 aromatic carbocycles. The summed E-state index contributed by atoms with van der Waals surface area (Å²) < 4.78 is 1.92. The second kappa shape index (κ2) is 7.74. The largest absolute Gasteiger partial charge is 0.338 e. The highest BCUT2D eigenvalue weighted by atomic mass is 16.2. The summed E-state index contributed by atoms with van der Waals surface area (Å²) in [4.78, 5) is 23.4. The van der Waals surface area contributed by atoms with Gasteiger partial charge in [0.25, 0.3) is 5.91 Å². The number of nitrogens with zero attached hydrogens (tertiary/aromatic N) is 6. The first-order chi connectivity index (χ1) is 12.7. The zero-order valence-electron chi connectivity index (χ0n) is 17.0. The van der Waals surface area contributed by atoms with Gasteiger partial charge in [0.05, 0.1) is 11.3 Å². The molecule has 1 saturated heterocycles. The van der Waals surface area contributed by atoms with Crippen LogP contribution in [0.15, 0.2) is 18.6 Å². The van der Waals surface area contributed by atoms with Crippen LogP contribution in [0.5, 0.6) is 0 Å². The van der Waals surface area contributed by atoms with Gasteiger partial charge in [-0.3, -0.25) is 9.48 Å². The molecule has 1 fully saturated rings. The summed E-state index contributed by atoms with van der Waals surface area (Å²) in [6.45, 7) is 12.8. The van der Waals surface area contributed by atoms with Gasteiger partial charge in [-0.15, -0.1) is 5.10 Å². The van der Waals surface area contributed by atoms with Crippen molar-refractivity contribution in [2.75, 3.05) is 13.1 Å². The maximum absolute atomic E-state index is 12.8. The number of likely N-dealkylation sites (tertiary alicyclic amines) is 1. The second-order valence-electron chi connectivity index (χ2n) is 8.82. The third kappa shape index (κ3) is 4.70. The zero-order valence-corrected chi connectivity index (χ0v) is 17.0. The highest BCUT2D eigenvalue weighted by molar-refractivity contribution is 5.93. The van der Waals surface area contributed by atoms with E-state index in [4.69, 9.17) is 0 Å². The van der Waals surface area contributed by atoms with Crippen LogP contribution in [-0.4, -0.2) is 48.9 Å². The number of carbonyl (C=O) groups excluding carboxylic acids is 1. The van der Waals surface area contributed by atoms with Gasteiger partial charge in [0.1, 0.15) is 5.82 Å². The Morgan fingerprint density at radius 3 is 2.56 bits per heavy atom. The predicted molar refractivity (Wildman–Crippen MR) is 103 cm³/mol. The molecular weight excluding hydrogens is 340 g/mol. The van der Waals surface area contributed by atoms with Crippen LogP contribution < -0.4 is 0 Å². The maximum Gasteiger partial charge on any atom is 0.257 e. The lowest BCUT2D eigenvalue weighted by Crippen LogP contribution is -2.41. The van der Waals surface area contributed by atoms with Gasteiger partial charge in [-0.2, -0.15) is 0 Å². The van der Waals surface area contributed by atoms with Crippen LogP contribution in [0.3, 0.4) is 0 Å². The molecular formula is C20H30N6O. The summed E-state index contributed by atoms with van der Waals surface area (Å²) in [5, 5.41) is 8.57. The van der Waals surface area contributed by atoms with Crippen LogP contribution in [0.1, 0.15) is 75.3 Å². The Bertz CT molecular complexity index is 775. The van der Waals surface area contributed by atoms with E-state index in [0.717, 1.165) is 44.0 Å². The molecule has 3 heterocycles. The van der Waals surface area contributed by atoms with Crippen LogP contribution in [-0.2, 0) is 12.0 Å². The van der Waals surface area contributed by atoms with Crippen molar-refractivity contribution in [3.8, 4) is 0 Å². The van der Waals surface area contributed by atoms with Crippen molar-refractivity contribution in [2.24, 2.45) is 5.92 Å². The lowest BCUT2D eigenvalue weighted by atomic mass is 9.93. The van der Waals surface area contributed by atoms with Gasteiger partial charge in [0, 0.05) is 49.6 Å². The fraction of sp³-hybridized carbons (Fsp3) is 0.650. The van der Waals surface area contributed by atoms with E-state index >= 15 is 0 Å². The van der Waals surface area contributed by atoms with Gasteiger partial charge < -0.3 is 4.90 Å². The van der Waals surface area contributed by atoms with E-state index in [1.54, 1.807) is 12.4 Å². The minimum Gasteiger partial charge on any atom is -0.338 e. The smallest absolute Gasteiger partial charge is 0.257 e. The molecule has 0 N–H and O–H groups in total. The first-order valence-electron chi connectivity index (χ1n) is 9.76. The quantitative estimate of drug-likeness (QED) is 0.827. The molecule has 3 rings (SSSR count). The van der Waals surface area contributed by atoms with Crippen LogP contribution >= 0.6 is 0 Å². The Hall–Kier alpha value is -2.31. The number of aromatic nitrogens is 5. The van der Waals surface area contributed by atoms with Gasteiger partial charge in [-0.1, -0.05) is 39.8 Å². The van der Waals surface area contributed by atoms with Gasteiger partial charge in [0.15, 0.2) is 0 Å². The average Bonchev–Trinajstić information content (AvgIpc) is 3.10. The van der Waals surface area contributed by atoms with Gasteiger partial charge in [0.2, 0.25) is 0 Å². The van der Waals surface area contributed by atoms with Crippen molar-refractivity contribution in [1.29, 1.82) is 0 Å². The van der Waals surface area contributed by atoms with E-state index in [2.05, 4.69) is 41.1 Å².